The van der Waals surface area contributed by atoms with Gasteiger partial charge in [0.2, 0.25) is 0 Å². The molecule has 0 amide bonds. The van der Waals surface area contributed by atoms with E-state index in [0.29, 0.717) is 22.5 Å². The SMILES string of the molecule is COC(=O)C1=C(C(=O)OC)N(c2ccc(-c3nc4ccc([N+](=O)[O-])cc4[nH]3)cc2)C=CC=C1. The first-order chi connectivity index (χ1) is 15.9. The molecule has 0 spiro atoms. The molecule has 1 aromatic heterocycles. The number of imidazole rings is 1. The Morgan fingerprint density at radius 3 is 2.42 bits per heavy atom. The van der Waals surface area contributed by atoms with Crippen LogP contribution in [-0.2, 0) is 19.1 Å². The number of methoxy groups -OCH3 is 2. The number of anilines is 1. The molecule has 0 bridgehead atoms. The van der Waals surface area contributed by atoms with Crippen molar-refractivity contribution < 1.29 is 24.0 Å². The number of carbonyl (C=O) groups is 2. The van der Waals surface area contributed by atoms with Crippen LogP contribution in [0.15, 0.2) is 78.2 Å². The Kier molecular flexibility index (Phi) is 5.73. The lowest BCUT2D eigenvalue weighted by Crippen LogP contribution is -2.26. The van der Waals surface area contributed by atoms with Crippen LogP contribution in [-0.4, -0.2) is 41.0 Å². The highest BCUT2D eigenvalue weighted by molar-refractivity contribution is 6.05. The van der Waals surface area contributed by atoms with Crippen molar-refractivity contribution >= 4 is 34.3 Å². The van der Waals surface area contributed by atoms with Crippen molar-refractivity contribution in [2.75, 3.05) is 19.1 Å². The fourth-order valence-electron chi connectivity index (χ4n) is 3.39. The summed E-state index contributed by atoms with van der Waals surface area (Å²) in [4.78, 5) is 44.4. The Morgan fingerprint density at radius 1 is 1.03 bits per heavy atom. The minimum Gasteiger partial charge on any atom is -0.465 e. The first-order valence-electron chi connectivity index (χ1n) is 9.72. The van der Waals surface area contributed by atoms with E-state index in [0.717, 1.165) is 5.56 Å². The van der Waals surface area contributed by atoms with E-state index in [-0.39, 0.29) is 17.0 Å². The van der Waals surface area contributed by atoms with Crippen LogP contribution < -0.4 is 4.90 Å². The van der Waals surface area contributed by atoms with E-state index in [9.17, 15) is 19.7 Å². The second-order valence-corrected chi connectivity index (χ2v) is 6.91. The molecule has 0 fully saturated rings. The Bertz CT molecular complexity index is 1350. The number of hydrogen-bond acceptors (Lipinski definition) is 8. The summed E-state index contributed by atoms with van der Waals surface area (Å²) < 4.78 is 9.72. The van der Waals surface area contributed by atoms with E-state index in [1.807, 2.05) is 0 Å². The van der Waals surface area contributed by atoms with Gasteiger partial charge in [0.05, 0.1) is 35.7 Å². The molecule has 0 atom stereocenters. The van der Waals surface area contributed by atoms with Gasteiger partial charge in [0.1, 0.15) is 11.5 Å². The van der Waals surface area contributed by atoms with Crippen molar-refractivity contribution in [1.82, 2.24) is 9.97 Å². The number of rotatable bonds is 5. The molecular formula is C23H18N4O6. The highest BCUT2D eigenvalue weighted by Crippen LogP contribution is 2.29. The number of aromatic amines is 1. The summed E-state index contributed by atoms with van der Waals surface area (Å²) >= 11 is 0. The van der Waals surface area contributed by atoms with Gasteiger partial charge in [-0.15, -0.1) is 0 Å². The first kappa shape index (κ1) is 21.5. The van der Waals surface area contributed by atoms with Gasteiger partial charge in [-0.05, 0) is 42.5 Å². The summed E-state index contributed by atoms with van der Waals surface area (Å²) in [6.45, 7) is 0. The maximum absolute atomic E-state index is 12.5. The van der Waals surface area contributed by atoms with Crippen LogP contribution in [0.4, 0.5) is 11.4 Å². The fraction of sp³-hybridized carbons (Fsp3) is 0.0870. The van der Waals surface area contributed by atoms with Crippen molar-refractivity contribution in [3.05, 3.63) is 88.3 Å². The number of esters is 2. The predicted octanol–water partition coefficient (Wildman–Crippen LogP) is 3.63. The van der Waals surface area contributed by atoms with E-state index in [4.69, 9.17) is 9.47 Å². The number of nitro benzene ring substituents is 1. The van der Waals surface area contributed by atoms with Crippen LogP contribution in [0, 0.1) is 10.1 Å². The van der Waals surface area contributed by atoms with E-state index in [1.165, 1.54) is 37.3 Å². The third-order valence-corrected chi connectivity index (χ3v) is 4.98. The fourth-order valence-corrected chi connectivity index (χ4v) is 3.39. The molecule has 0 saturated heterocycles. The number of non-ortho nitro benzene ring substituents is 1. The number of carbonyl (C=O) groups excluding carboxylic acids is 2. The normalized spacial score (nSPS) is 13.2. The Labute approximate surface area is 187 Å². The van der Waals surface area contributed by atoms with Crippen LogP contribution in [0.25, 0.3) is 22.4 Å². The van der Waals surface area contributed by atoms with Crippen molar-refractivity contribution in [2.24, 2.45) is 0 Å². The number of aromatic nitrogens is 2. The maximum Gasteiger partial charge on any atom is 0.355 e. The lowest BCUT2D eigenvalue weighted by atomic mass is 10.1. The number of benzene rings is 2. The molecule has 2 heterocycles. The van der Waals surface area contributed by atoms with Gasteiger partial charge in [0, 0.05) is 29.6 Å². The predicted molar refractivity (Wildman–Crippen MR) is 120 cm³/mol. The molecule has 0 saturated carbocycles. The molecule has 33 heavy (non-hydrogen) atoms. The third-order valence-electron chi connectivity index (χ3n) is 4.98. The van der Waals surface area contributed by atoms with Gasteiger partial charge in [0.25, 0.3) is 5.69 Å². The summed E-state index contributed by atoms with van der Waals surface area (Å²) in [7, 11) is 2.47. The highest BCUT2D eigenvalue weighted by atomic mass is 16.6. The topological polar surface area (TPSA) is 128 Å². The number of fused-ring (bicyclic) bond motifs is 1. The van der Waals surface area contributed by atoms with Gasteiger partial charge < -0.3 is 19.4 Å². The number of H-pyrrole nitrogens is 1. The molecule has 3 aromatic rings. The molecule has 10 heteroatoms. The maximum atomic E-state index is 12.5. The number of hydrogen-bond donors (Lipinski definition) is 1. The van der Waals surface area contributed by atoms with Crippen LogP contribution in [0.2, 0.25) is 0 Å². The molecule has 0 aliphatic carbocycles. The zero-order valence-electron chi connectivity index (χ0n) is 17.6. The number of nitrogens with zero attached hydrogens (tertiary/aromatic N) is 3. The molecule has 1 aliphatic heterocycles. The molecule has 10 nitrogen and oxygen atoms in total. The second kappa shape index (κ2) is 8.79. The highest BCUT2D eigenvalue weighted by Gasteiger charge is 2.27. The Balaban J connectivity index is 1.72. The van der Waals surface area contributed by atoms with Gasteiger partial charge in [-0.1, -0.05) is 6.08 Å². The molecule has 0 unspecified atom stereocenters. The summed E-state index contributed by atoms with van der Waals surface area (Å²) in [6, 6.07) is 11.5. The molecular weight excluding hydrogens is 428 g/mol. The molecule has 1 N–H and O–H groups in total. The first-order valence-corrected chi connectivity index (χ1v) is 9.72. The monoisotopic (exact) mass is 446 g/mol. The molecule has 1 aliphatic rings. The minimum atomic E-state index is -0.699. The molecule has 166 valence electrons. The molecule has 0 radical (unpaired) electrons. The van der Waals surface area contributed by atoms with Crippen LogP contribution in [0.5, 0.6) is 0 Å². The van der Waals surface area contributed by atoms with Gasteiger partial charge in [0.15, 0.2) is 0 Å². The lowest BCUT2D eigenvalue weighted by Gasteiger charge is -2.23. The summed E-state index contributed by atoms with van der Waals surface area (Å²) in [5.41, 5.74) is 2.50. The van der Waals surface area contributed by atoms with Crippen molar-refractivity contribution in [2.45, 2.75) is 0 Å². The number of ether oxygens (including phenoxy) is 2. The van der Waals surface area contributed by atoms with Crippen molar-refractivity contribution in [3.8, 4) is 11.4 Å². The third kappa shape index (κ3) is 4.09. The van der Waals surface area contributed by atoms with Gasteiger partial charge >= 0.3 is 11.9 Å². The van der Waals surface area contributed by atoms with Gasteiger partial charge in [-0.25, -0.2) is 14.6 Å². The smallest absolute Gasteiger partial charge is 0.355 e. The van der Waals surface area contributed by atoms with Crippen LogP contribution in [0.3, 0.4) is 0 Å². The average molecular weight is 446 g/mol. The van der Waals surface area contributed by atoms with Crippen molar-refractivity contribution in [3.63, 3.8) is 0 Å². The van der Waals surface area contributed by atoms with E-state index < -0.39 is 16.9 Å². The van der Waals surface area contributed by atoms with E-state index in [2.05, 4.69) is 9.97 Å². The summed E-state index contributed by atoms with van der Waals surface area (Å²) in [5, 5.41) is 11.0. The quantitative estimate of drug-likeness (QED) is 0.358. The van der Waals surface area contributed by atoms with E-state index >= 15 is 0 Å². The zero-order chi connectivity index (χ0) is 23.5. The van der Waals surface area contributed by atoms with Crippen LogP contribution >= 0.6 is 0 Å². The number of nitrogens with one attached hydrogen (secondary N) is 1. The Morgan fingerprint density at radius 2 is 1.76 bits per heavy atom. The molecule has 4 rings (SSSR count). The van der Waals surface area contributed by atoms with Crippen LogP contribution in [0.1, 0.15) is 0 Å². The summed E-state index contributed by atoms with van der Waals surface area (Å²) in [6.07, 6.45) is 6.42. The largest absolute Gasteiger partial charge is 0.465 e. The minimum absolute atomic E-state index is 0.0122. The van der Waals surface area contributed by atoms with E-state index in [1.54, 1.807) is 48.7 Å². The number of nitro groups is 1. The summed E-state index contributed by atoms with van der Waals surface area (Å²) in [5.74, 6) is -0.841. The lowest BCUT2D eigenvalue weighted by molar-refractivity contribution is -0.384. The standard InChI is InChI=1S/C23H18N4O6/c1-32-22(28)17-5-3-4-12-26(20(17)23(29)33-2)15-8-6-14(7-9-15)21-24-18-11-10-16(27(30)31)13-19(18)25-21/h3-13H,1-2H3,(H,24,25). The second-order valence-electron chi connectivity index (χ2n) is 6.91. The zero-order valence-corrected chi connectivity index (χ0v) is 17.6. The Hall–Kier alpha value is -4.73. The molecule has 2 aromatic carbocycles. The van der Waals surface area contributed by atoms with Gasteiger partial charge in [-0.3, -0.25) is 10.1 Å². The van der Waals surface area contributed by atoms with Crippen molar-refractivity contribution in [1.29, 1.82) is 0 Å². The number of allylic oxidation sites excluding steroid dienone is 2. The van der Waals surface area contributed by atoms with Gasteiger partial charge in [-0.2, -0.15) is 0 Å². The average Bonchev–Trinajstić information content (AvgIpc) is 3.14.